The second-order valence-electron chi connectivity index (χ2n) is 6.99. The van der Waals surface area contributed by atoms with E-state index in [4.69, 9.17) is 9.84 Å². The van der Waals surface area contributed by atoms with E-state index in [2.05, 4.69) is 26.1 Å². The quantitative estimate of drug-likeness (QED) is 0.685. The van der Waals surface area contributed by atoms with Crippen LogP contribution in [-0.4, -0.2) is 37.5 Å². The Morgan fingerprint density at radius 1 is 1.28 bits per heavy atom. The van der Waals surface area contributed by atoms with Crippen LogP contribution in [0.1, 0.15) is 46.5 Å². The second-order valence-corrected chi connectivity index (χ2v) is 6.99. The summed E-state index contributed by atoms with van der Waals surface area (Å²) >= 11 is 0. The van der Waals surface area contributed by atoms with Gasteiger partial charge in [-0.05, 0) is 49.0 Å². The molecule has 106 valence electrons. The van der Waals surface area contributed by atoms with Crippen LogP contribution in [0.2, 0.25) is 0 Å². The first-order chi connectivity index (χ1) is 8.50. The maximum atomic E-state index is 8.63. The minimum atomic E-state index is 0.128. The summed E-state index contributed by atoms with van der Waals surface area (Å²) in [4.78, 5) is 0. The summed E-state index contributed by atoms with van der Waals surface area (Å²) in [6, 6.07) is 0.654. The topological polar surface area (TPSA) is 41.5 Å². The molecule has 2 aliphatic carbocycles. The summed E-state index contributed by atoms with van der Waals surface area (Å²) in [6.07, 6.45) is 5.24. The molecule has 3 atom stereocenters. The molecule has 0 aliphatic heterocycles. The van der Waals surface area contributed by atoms with Crippen LogP contribution < -0.4 is 5.32 Å². The van der Waals surface area contributed by atoms with E-state index in [0.29, 0.717) is 23.5 Å². The van der Waals surface area contributed by atoms with Crippen molar-refractivity contribution in [2.45, 2.75) is 52.5 Å². The SMILES string of the molecule is CC1(C)C(NCCCOCCO)[C@]2(C)CC[C@H]1C2. The van der Waals surface area contributed by atoms with Gasteiger partial charge in [-0.2, -0.15) is 0 Å². The van der Waals surface area contributed by atoms with Gasteiger partial charge < -0.3 is 15.2 Å². The summed E-state index contributed by atoms with van der Waals surface area (Å²) in [5.74, 6) is 0.908. The molecule has 2 bridgehead atoms. The largest absolute Gasteiger partial charge is 0.394 e. The van der Waals surface area contributed by atoms with Gasteiger partial charge >= 0.3 is 0 Å². The number of hydrogen-bond acceptors (Lipinski definition) is 3. The van der Waals surface area contributed by atoms with Crippen LogP contribution >= 0.6 is 0 Å². The Morgan fingerprint density at radius 2 is 2.06 bits per heavy atom. The van der Waals surface area contributed by atoms with Crippen molar-refractivity contribution in [1.29, 1.82) is 0 Å². The Hall–Kier alpha value is -0.120. The third kappa shape index (κ3) is 2.59. The van der Waals surface area contributed by atoms with Gasteiger partial charge in [-0.15, -0.1) is 0 Å². The third-order valence-corrected chi connectivity index (χ3v) is 5.32. The van der Waals surface area contributed by atoms with Crippen molar-refractivity contribution in [2.24, 2.45) is 16.7 Å². The van der Waals surface area contributed by atoms with Gasteiger partial charge in [-0.3, -0.25) is 0 Å². The first-order valence-electron chi connectivity index (χ1n) is 7.43. The average Bonchev–Trinajstić information content (AvgIpc) is 2.78. The number of ether oxygens (including phenoxy) is 1. The van der Waals surface area contributed by atoms with Crippen LogP contribution in [-0.2, 0) is 4.74 Å². The average molecular weight is 255 g/mol. The number of rotatable bonds is 7. The van der Waals surface area contributed by atoms with Gasteiger partial charge in [0.05, 0.1) is 13.2 Å². The van der Waals surface area contributed by atoms with Crippen LogP contribution in [0.15, 0.2) is 0 Å². The van der Waals surface area contributed by atoms with Gasteiger partial charge in [0.1, 0.15) is 0 Å². The summed E-state index contributed by atoms with van der Waals surface area (Å²) in [7, 11) is 0. The lowest BCUT2D eigenvalue weighted by Gasteiger charge is -2.43. The first-order valence-corrected chi connectivity index (χ1v) is 7.43. The lowest BCUT2D eigenvalue weighted by atomic mass is 9.68. The summed E-state index contributed by atoms with van der Waals surface area (Å²) < 4.78 is 5.30. The standard InChI is InChI=1S/C15H29NO2/c1-14(2)12-5-6-15(3,11-12)13(14)16-7-4-9-18-10-8-17/h12-13,16-17H,4-11H2,1-3H3/t12-,13?,15+/m0/s1. The molecule has 18 heavy (non-hydrogen) atoms. The van der Waals surface area contributed by atoms with Crippen LogP contribution in [0, 0.1) is 16.7 Å². The number of aliphatic hydroxyl groups is 1. The first kappa shape index (κ1) is 14.3. The third-order valence-electron chi connectivity index (χ3n) is 5.32. The van der Waals surface area contributed by atoms with Crippen molar-refractivity contribution >= 4 is 0 Å². The highest BCUT2D eigenvalue weighted by atomic mass is 16.5. The van der Waals surface area contributed by atoms with Gasteiger partial charge in [0.2, 0.25) is 0 Å². The number of aliphatic hydroxyl groups excluding tert-OH is 1. The molecule has 0 saturated heterocycles. The van der Waals surface area contributed by atoms with Gasteiger partial charge in [0.25, 0.3) is 0 Å². The minimum absolute atomic E-state index is 0.128. The molecule has 2 fully saturated rings. The van der Waals surface area contributed by atoms with E-state index in [1.165, 1.54) is 19.3 Å². The van der Waals surface area contributed by atoms with Gasteiger partial charge in [0.15, 0.2) is 0 Å². The van der Waals surface area contributed by atoms with Crippen molar-refractivity contribution in [2.75, 3.05) is 26.4 Å². The second kappa shape index (κ2) is 5.48. The van der Waals surface area contributed by atoms with Crippen molar-refractivity contribution in [3.05, 3.63) is 0 Å². The molecule has 0 amide bonds. The molecule has 0 radical (unpaired) electrons. The molecule has 0 spiro atoms. The highest BCUT2D eigenvalue weighted by molar-refractivity contribution is 5.11. The van der Waals surface area contributed by atoms with Gasteiger partial charge in [-0.25, -0.2) is 0 Å². The van der Waals surface area contributed by atoms with Crippen molar-refractivity contribution in [3.63, 3.8) is 0 Å². The van der Waals surface area contributed by atoms with E-state index in [1.807, 2.05) is 0 Å². The predicted octanol–water partition coefficient (Wildman–Crippen LogP) is 2.19. The van der Waals surface area contributed by atoms with E-state index < -0.39 is 0 Å². The lowest BCUT2D eigenvalue weighted by molar-refractivity contribution is 0.0821. The molecule has 0 heterocycles. The van der Waals surface area contributed by atoms with Crippen LogP contribution in [0.3, 0.4) is 0 Å². The Labute approximate surface area is 111 Å². The van der Waals surface area contributed by atoms with Crippen LogP contribution in [0.5, 0.6) is 0 Å². The maximum absolute atomic E-state index is 8.63. The molecule has 1 unspecified atom stereocenters. The fraction of sp³-hybridized carbons (Fsp3) is 1.00. The molecule has 0 aromatic heterocycles. The number of nitrogens with one attached hydrogen (secondary N) is 1. The summed E-state index contributed by atoms with van der Waals surface area (Å²) in [5.41, 5.74) is 0.957. The molecular formula is C15H29NO2. The Bertz CT molecular complexity index is 275. The molecule has 3 heteroatoms. The zero-order valence-electron chi connectivity index (χ0n) is 12.2. The lowest BCUT2D eigenvalue weighted by Crippen LogP contribution is -2.50. The molecule has 2 saturated carbocycles. The monoisotopic (exact) mass is 255 g/mol. The molecule has 2 N–H and O–H groups in total. The maximum Gasteiger partial charge on any atom is 0.0697 e. The Balaban J connectivity index is 1.75. The van der Waals surface area contributed by atoms with E-state index >= 15 is 0 Å². The number of hydrogen-bond donors (Lipinski definition) is 2. The van der Waals surface area contributed by atoms with Crippen LogP contribution in [0.4, 0.5) is 0 Å². The molecule has 2 rings (SSSR count). The van der Waals surface area contributed by atoms with Crippen molar-refractivity contribution in [1.82, 2.24) is 5.32 Å². The highest BCUT2D eigenvalue weighted by Crippen LogP contribution is 2.62. The van der Waals surface area contributed by atoms with Gasteiger partial charge in [0, 0.05) is 12.6 Å². The van der Waals surface area contributed by atoms with Crippen LogP contribution in [0.25, 0.3) is 0 Å². The number of fused-ring (bicyclic) bond motifs is 2. The smallest absolute Gasteiger partial charge is 0.0697 e. The van der Waals surface area contributed by atoms with Crippen molar-refractivity contribution in [3.8, 4) is 0 Å². The summed E-state index contributed by atoms with van der Waals surface area (Å²) in [5, 5.41) is 12.4. The summed E-state index contributed by atoms with van der Waals surface area (Å²) in [6.45, 7) is 9.70. The fourth-order valence-electron chi connectivity index (χ4n) is 4.40. The van der Waals surface area contributed by atoms with Crippen molar-refractivity contribution < 1.29 is 9.84 Å². The molecule has 2 aliphatic rings. The zero-order chi connectivity index (χ0) is 13.2. The Morgan fingerprint density at radius 3 is 2.67 bits per heavy atom. The molecule has 3 nitrogen and oxygen atoms in total. The zero-order valence-corrected chi connectivity index (χ0v) is 12.2. The van der Waals surface area contributed by atoms with E-state index in [1.54, 1.807) is 0 Å². The molecule has 0 aromatic carbocycles. The molecular weight excluding hydrogens is 226 g/mol. The van der Waals surface area contributed by atoms with Gasteiger partial charge in [-0.1, -0.05) is 20.8 Å². The molecule has 0 aromatic rings. The highest BCUT2D eigenvalue weighted by Gasteiger charge is 2.58. The van der Waals surface area contributed by atoms with E-state index in [-0.39, 0.29) is 6.61 Å². The normalized spacial score (nSPS) is 37.3. The predicted molar refractivity (Wildman–Crippen MR) is 73.5 cm³/mol. The van der Waals surface area contributed by atoms with E-state index in [9.17, 15) is 0 Å². The Kier molecular flexibility index (Phi) is 4.35. The fourth-order valence-corrected chi connectivity index (χ4v) is 4.40. The van der Waals surface area contributed by atoms with E-state index in [0.717, 1.165) is 25.5 Å². The minimum Gasteiger partial charge on any atom is -0.394 e.